The van der Waals surface area contributed by atoms with E-state index in [4.69, 9.17) is 9.47 Å². The summed E-state index contributed by atoms with van der Waals surface area (Å²) in [5.41, 5.74) is -1.16. The summed E-state index contributed by atoms with van der Waals surface area (Å²) in [4.78, 5) is 25.4. The number of aryl methyl sites for hydroxylation is 1. The maximum atomic E-state index is 13.3. The van der Waals surface area contributed by atoms with Crippen molar-refractivity contribution in [3.8, 4) is 11.8 Å². The molecular weight excluding hydrogens is 648 g/mol. The molecule has 0 saturated heterocycles. The van der Waals surface area contributed by atoms with Crippen LogP contribution in [0.3, 0.4) is 0 Å². The second-order valence-electron chi connectivity index (χ2n) is 11.2. The predicted octanol–water partition coefficient (Wildman–Crippen LogP) is 4.87. The van der Waals surface area contributed by atoms with E-state index in [0.29, 0.717) is 8.61 Å². The van der Waals surface area contributed by atoms with E-state index in [-0.39, 0.29) is 27.2 Å². The Morgan fingerprint density at radius 1 is 0.659 bits per heavy atom. The van der Waals surface area contributed by atoms with Crippen molar-refractivity contribution in [3.63, 3.8) is 0 Å². The molecule has 238 valence electrons. The molecule has 10 nitrogen and oxygen atoms in total. The molecule has 44 heavy (non-hydrogen) atoms. The van der Waals surface area contributed by atoms with Gasteiger partial charge in [0, 0.05) is 0 Å². The molecule has 0 unspecified atom stereocenters. The Bertz CT molecular complexity index is 1350. The normalized spacial score (nSPS) is 15.5. The number of nitrogens with zero attached hydrogens (tertiary/aromatic N) is 2. The van der Waals surface area contributed by atoms with Crippen molar-refractivity contribution < 1.29 is 53.0 Å². The van der Waals surface area contributed by atoms with Crippen molar-refractivity contribution in [2.24, 2.45) is 0 Å². The van der Waals surface area contributed by atoms with Crippen LogP contribution < -0.4 is 0 Å². The fraction of sp³-hybridized carbons (Fsp3) is 0.355. The predicted molar refractivity (Wildman–Crippen MR) is 163 cm³/mol. The van der Waals surface area contributed by atoms with Crippen LogP contribution in [0.1, 0.15) is 47.1 Å². The summed E-state index contributed by atoms with van der Waals surface area (Å²) in [7, 11) is -8.67. The van der Waals surface area contributed by atoms with Crippen LogP contribution in [0.2, 0.25) is 0 Å². The van der Waals surface area contributed by atoms with Gasteiger partial charge in [-0.1, -0.05) is 29.5 Å². The number of hydrogen-bond donors (Lipinski definition) is 0. The van der Waals surface area contributed by atoms with Crippen molar-refractivity contribution in [1.29, 1.82) is 0 Å². The van der Waals surface area contributed by atoms with E-state index in [0.717, 1.165) is 5.56 Å². The van der Waals surface area contributed by atoms with Crippen molar-refractivity contribution in [2.75, 3.05) is 13.1 Å². The van der Waals surface area contributed by atoms with Crippen molar-refractivity contribution >= 4 is 32.2 Å². The zero-order valence-corrected chi connectivity index (χ0v) is 28.5. The number of ether oxygens (including phenoxy) is 2. The van der Waals surface area contributed by atoms with Crippen LogP contribution in [0, 0.1) is 81.8 Å². The molecule has 2 amide bonds. The minimum atomic E-state index is -4.36. The topological polar surface area (TPSA) is 127 Å². The summed E-state index contributed by atoms with van der Waals surface area (Å²) in [6, 6.07) is 5.87. The molecule has 2 saturated carbocycles. The Morgan fingerprint density at radius 2 is 1.02 bits per heavy atom. The number of carbonyl (C=O) groups excluding carboxylic acids is 2. The third kappa shape index (κ3) is 12.6. The van der Waals surface area contributed by atoms with E-state index >= 15 is 0 Å². The van der Waals surface area contributed by atoms with E-state index in [1.165, 1.54) is 37.8 Å². The van der Waals surface area contributed by atoms with Gasteiger partial charge in [-0.25, -0.2) is 26.4 Å². The van der Waals surface area contributed by atoms with Gasteiger partial charge in [0.05, 0.1) is 4.90 Å². The molecule has 1 aromatic rings. The molecule has 10 radical (unpaired) electrons. The SMILES string of the molecule is Cc1ccc(S(=O)(=O)N(CC#CCN(C(=O)OC(C)(C)C)S(=O)(=O)[C]2[CH][CH][CH][CH]2)C(=O)OC(C)(C)C)cc1.[CH]1[CH][CH][CH][CH]1.[Fe+2]. The fourth-order valence-corrected chi connectivity index (χ4v) is 5.62. The van der Waals surface area contributed by atoms with Crippen LogP contribution in [0.4, 0.5) is 9.59 Å². The first kappa shape index (κ1) is 39.8. The molecule has 2 fully saturated rings. The molecule has 0 aliphatic heterocycles. The minimum absolute atomic E-state index is 0. The molecule has 0 atom stereocenters. The molecule has 3 rings (SSSR count). The van der Waals surface area contributed by atoms with E-state index in [1.807, 2.05) is 32.1 Å². The first-order valence-corrected chi connectivity index (χ1v) is 16.1. The van der Waals surface area contributed by atoms with E-state index in [1.54, 1.807) is 60.6 Å². The summed E-state index contributed by atoms with van der Waals surface area (Å²) in [6.07, 6.45) is 13.3. The van der Waals surface area contributed by atoms with E-state index in [2.05, 4.69) is 11.8 Å². The third-order valence-corrected chi connectivity index (χ3v) is 8.60. The molecule has 0 spiro atoms. The van der Waals surface area contributed by atoms with Gasteiger partial charge in [-0.2, -0.15) is 8.61 Å². The second-order valence-corrected chi connectivity index (χ2v) is 15.0. The average molecular weight is 687 g/mol. The molecule has 0 heterocycles. The Hall–Kier alpha value is -2.26. The first-order chi connectivity index (χ1) is 19.8. The quantitative estimate of drug-likeness (QED) is 0.307. The molecule has 1 aromatic carbocycles. The number of amides is 2. The van der Waals surface area contributed by atoms with Gasteiger partial charge in [-0.15, -0.1) is 0 Å². The third-order valence-electron chi connectivity index (χ3n) is 5.15. The molecule has 13 heteroatoms. The van der Waals surface area contributed by atoms with Crippen LogP contribution in [0.5, 0.6) is 0 Å². The molecule has 0 N–H and O–H groups in total. The summed E-state index contributed by atoms with van der Waals surface area (Å²) in [6.45, 7) is 9.99. The summed E-state index contributed by atoms with van der Waals surface area (Å²) >= 11 is 0. The number of rotatable bonds is 6. The summed E-state index contributed by atoms with van der Waals surface area (Å²) in [5.74, 6) is 4.97. The van der Waals surface area contributed by atoms with Crippen LogP contribution in [0.25, 0.3) is 0 Å². The maximum Gasteiger partial charge on any atom is 2.00 e. The Balaban J connectivity index is 0.00000146. The zero-order chi connectivity index (χ0) is 32.5. The van der Waals surface area contributed by atoms with Gasteiger partial charge in [-0.3, -0.25) is 0 Å². The smallest absolute Gasteiger partial charge is 0.443 e. The number of benzene rings is 1. The van der Waals surface area contributed by atoms with Gasteiger partial charge in [-0.05, 0) is 118 Å². The van der Waals surface area contributed by atoms with Crippen LogP contribution in [-0.2, 0) is 46.6 Å². The molecular formula is C31H38FeN2O8S2+2. The van der Waals surface area contributed by atoms with Crippen LogP contribution >= 0.6 is 0 Å². The van der Waals surface area contributed by atoms with Crippen LogP contribution in [-0.4, -0.2) is 61.9 Å². The number of sulfonamides is 2. The number of carbonyl (C=O) groups is 2. The van der Waals surface area contributed by atoms with Crippen LogP contribution in [0.15, 0.2) is 29.2 Å². The molecule has 2 aliphatic carbocycles. The largest absolute Gasteiger partial charge is 2.00 e. The first-order valence-electron chi connectivity index (χ1n) is 13.3. The van der Waals surface area contributed by atoms with Crippen molar-refractivity contribution in [2.45, 2.75) is 64.6 Å². The maximum absolute atomic E-state index is 13.3. The fourth-order valence-electron chi connectivity index (χ4n) is 3.19. The Labute approximate surface area is 275 Å². The zero-order valence-electron chi connectivity index (χ0n) is 25.8. The van der Waals surface area contributed by atoms with Crippen molar-refractivity contribution in [1.82, 2.24) is 8.61 Å². The van der Waals surface area contributed by atoms with Gasteiger partial charge < -0.3 is 9.47 Å². The van der Waals surface area contributed by atoms with Crippen molar-refractivity contribution in [3.05, 3.63) is 92.9 Å². The number of hydrogen-bond acceptors (Lipinski definition) is 8. The van der Waals surface area contributed by atoms with Gasteiger partial charge >= 0.3 is 29.3 Å². The Morgan fingerprint density at radius 3 is 1.39 bits per heavy atom. The monoisotopic (exact) mass is 686 g/mol. The van der Waals surface area contributed by atoms with E-state index < -0.39 is 56.5 Å². The van der Waals surface area contributed by atoms with Gasteiger partial charge in [0.2, 0.25) is 10.0 Å². The molecule has 0 aromatic heterocycles. The molecule has 2 aliphatic rings. The minimum Gasteiger partial charge on any atom is -0.443 e. The summed E-state index contributed by atoms with van der Waals surface area (Å²) in [5, 5.41) is -0.137. The summed E-state index contributed by atoms with van der Waals surface area (Å²) < 4.78 is 64.0. The average Bonchev–Trinajstić information content (AvgIpc) is 3.61. The molecule has 0 bridgehead atoms. The Kier molecular flexibility index (Phi) is 15.3. The standard InChI is InChI=1S/C26H33N2O8S2.C5H5.Fe/c1-20-14-16-22(17-15-20)38(33,34)28(24(30)36-26(5,6)7)19-11-10-18-27(23(29)35-25(2,3)4)37(31,32)21-12-8-9-13-21;1-2-4-5-3-1;/h8-9,12-17H,18-19H2,1-7H3;1-5H;/q;;+2. The van der Waals surface area contributed by atoms with E-state index in [9.17, 15) is 26.4 Å². The van der Waals surface area contributed by atoms with Gasteiger partial charge in [0.25, 0.3) is 10.0 Å². The van der Waals surface area contributed by atoms with Gasteiger partial charge in [0.15, 0.2) is 0 Å². The van der Waals surface area contributed by atoms with Gasteiger partial charge in [0.1, 0.15) is 29.5 Å². The second kappa shape index (κ2) is 16.9.